The smallest absolute Gasteiger partial charge is 0.252 e. The Morgan fingerprint density at radius 1 is 1.43 bits per heavy atom. The van der Waals surface area contributed by atoms with E-state index in [-0.39, 0.29) is 5.82 Å². The van der Waals surface area contributed by atoms with Crippen LogP contribution in [-0.4, -0.2) is 25.4 Å². The van der Waals surface area contributed by atoms with Gasteiger partial charge in [-0.3, -0.25) is 4.72 Å². The summed E-state index contributed by atoms with van der Waals surface area (Å²) in [5.74, 6) is 0.127. The maximum Gasteiger partial charge on any atom is 0.300 e. The van der Waals surface area contributed by atoms with Crippen LogP contribution in [0.1, 0.15) is 0 Å². The molecule has 0 aliphatic heterocycles. The highest BCUT2D eigenvalue weighted by atomic mass is 79.9. The number of hydrogen-bond donors (Lipinski definition) is 2. The normalized spacial score (nSPS) is 11.4. The molecule has 0 aliphatic carbocycles. The number of anilines is 1. The monoisotopic (exact) mass is 344 g/mol. The van der Waals surface area contributed by atoms with E-state index in [0.29, 0.717) is 9.21 Å². The molecule has 1 heterocycles. The third-order valence-corrected chi connectivity index (χ3v) is 3.13. The Balaban J connectivity index is 2.99. The largest absolute Gasteiger partial charge is 0.300 e. The minimum atomic E-state index is -3.56. The van der Waals surface area contributed by atoms with Crippen LogP contribution >= 0.6 is 31.9 Å². The van der Waals surface area contributed by atoms with Crippen LogP contribution in [-0.2, 0) is 10.2 Å². The van der Waals surface area contributed by atoms with Gasteiger partial charge in [0.05, 0.1) is 6.20 Å². The van der Waals surface area contributed by atoms with Gasteiger partial charge in [0.2, 0.25) is 0 Å². The number of nitrogens with zero attached hydrogens (tertiary/aromatic N) is 2. The summed E-state index contributed by atoms with van der Waals surface area (Å²) in [6.45, 7) is 0. The molecule has 0 unspecified atom stereocenters. The topological polar surface area (TPSA) is 84.0 Å². The highest BCUT2D eigenvalue weighted by Crippen LogP contribution is 2.19. The number of rotatable bonds is 3. The van der Waals surface area contributed by atoms with Crippen molar-refractivity contribution in [1.29, 1.82) is 0 Å². The van der Waals surface area contributed by atoms with Crippen LogP contribution in [0.25, 0.3) is 0 Å². The van der Waals surface area contributed by atoms with Crippen molar-refractivity contribution >= 4 is 47.9 Å². The van der Waals surface area contributed by atoms with E-state index in [1.54, 1.807) is 0 Å². The van der Waals surface area contributed by atoms with Gasteiger partial charge in [-0.1, -0.05) is 0 Å². The van der Waals surface area contributed by atoms with Crippen molar-refractivity contribution < 1.29 is 8.42 Å². The third-order valence-electron chi connectivity index (χ3n) is 1.20. The summed E-state index contributed by atoms with van der Waals surface area (Å²) in [6.07, 6.45) is 1.39. The number of halogens is 2. The van der Waals surface area contributed by atoms with E-state index in [1.165, 1.54) is 13.2 Å². The first-order valence-corrected chi connectivity index (χ1v) is 6.41. The van der Waals surface area contributed by atoms with Gasteiger partial charge in [0.1, 0.15) is 4.60 Å². The van der Waals surface area contributed by atoms with Crippen molar-refractivity contribution in [3.8, 4) is 0 Å². The van der Waals surface area contributed by atoms with Gasteiger partial charge in [0, 0.05) is 7.05 Å². The fourth-order valence-electron chi connectivity index (χ4n) is 0.593. The molecule has 1 rings (SSSR count). The first kappa shape index (κ1) is 11.8. The van der Waals surface area contributed by atoms with E-state index in [4.69, 9.17) is 0 Å². The molecule has 0 amide bonds. The Labute approximate surface area is 98.0 Å². The zero-order valence-corrected chi connectivity index (χ0v) is 10.9. The van der Waals surface area contributed by atoms with E-state index in [1.807, 2.05) is 0 Å². The van der Waals surface area contributed by atoms with Gasteiger partial charge in [0.15, 0.2) is 10.4 Å². The predicted octanol–water partition coefficient (Wildman–Crippen LogP) is 0.878. The Morgan fingerprint density at radius 3 is 2.57 bits per heavy atom. The van der Waals surface area contributed by atoms with Crippen molar-refractivity contribution in [2.24, 2.45) is 0 Å². The fraction of sp³-hybridized carbons (Fsp3) is 0.200. The van der Waals surface area contributed by atoms with Crippen molar-refractivity contribution in [1.82, 2.24) is 14.7 Å². The summed E-state index contributed by atoms with van der Waals surface area (Å²) in [5.41, 5.74) is 0. The average molecular weight is 346 g/mol. The van der Waals surface area contributed by atoms with Crippen LogP contribution < -0.4 is 9.44 Å². The van der Waals surface area contributed by atoms with Crippen molar-refractivity contribution in [2.45, 2.75) is 0 Å². The van der Waals surface area contributed by atoms with Gasteiger partial charge in [-0.05, 0) is 31.9 Å². The van der Waals surface area contributed by atoms with Crippen LogP contribution in [0.5, 0.6) is 0 Å². The molecule has 0 aromatic carbocycles. The lowest BCUT2D eigenvalue weighted by Crippen LogP contribution is -2.27. The highest BCUT2D eigenvalue weighted by Gasteiger charge is 2.11. The van der Waals surface area contributed by atoms with Crippen LogP contribution in [0, 0.1) is 0 Å². The van der Waals surface area contributed by atoms with Crippen LogP contribution in [0.2, 0.25) is 0 Å². The summed E-state index contributed by atoms with van der Waals surface area (Å²) < 4.78 is 27.3. The molecule has 0 saturated carbocycles. The van der Waals surface area contributed by atoms with Gasteiger partial charge in [-0.15, -0.1) is 0 Å². The summed E-state index contributed by atoms with van der Waals surface area (Å²) >= 11 is 6.17. The van der Waals surface area contributed by atoms with Crippen molar-refractivity contribution in [3.63, 3.8) is 0 Å². The number of nitrogens with one attached hydrogen (secondary N) is 2. The molecule has 9 heteroatoms. The Bertz CT molecular complexity index is 435. The molecular weight excluding hydrogens is 340 g/mol. The Hall–Kier alpha value is -0.250. The molecule has 0 bridgehead atoms. The van der Waals surface area contributed by atoms with Gasteiger partial charge >= 0.3 is 0 Å². The van der Waals surface area contributed by atoms with E-state index in [9.17, 15) is 8.42 Å². The Kier molecular flexibility index (Phi) is 3.81. The van der Waals surface area contributed by atoms with E-state index in [0.717, 1.165) is 0 Å². The maximum atomic E-state index is 11.1. The first-order chi connectivity index (χ1) is 6.44. The summed E-state index contributed by atoms with van der Waals surface area (Å²) in [7, 11) is -2.26. The molecule has 78 valence electrons. The molecule has 0 radical (unpaired) electrons. The highest BCUT2D eigenvalue weighted by molar-refractivity contribution is 9.11. The molecular formula is C5H6Br2N4O2S. The van der Waals surface area contributed by atoms with Crippen molar-refractivity contribution in [2.75, 3.05) is 11.8 Å². The molecule has 6 nitrogen and oxygen atoms in total. The second-order valence-corrected chi connectivity index (χ2v) is 5.32. The lowest BCUT2D eigenvalue weighted by molar-refractivity contribution is 0.593. The second kappa shape index (κ2) is 4.51. The molecule has 0 spiro atoms. The van der Waals surface area contributed by atoms with Gasteiger partial charge < -0.3 is 0 Å². The molecule has 0 fully saturated rings. The summed E-state index contributed by atoms with van der Waals surface area (Å²) in [4.78, 5) is 7.73. The van der Waals surface area contributed by atoms with Gasteiger partial charge in [0.25, 0.3) is 10.2 Å². The third kappa shape index (κ3) is 3.15. The van der Waals surface area contributed by atoms with Gasteiger partial charge in [-0.25, -0.2) is 14.7 Å². The molecule has 1 aromatic rings. The van der Waals surface area contributed by atoms with Gasteiger partial charge in [-0.2, -0.15) is 8.42 Å². The molecule has 0 atom stereocenters. The summed E-state index contributed by atoms with van der Waals surface area (Å²) in [6, 6.07) is 0. The first-order valence-electron chi connectivity index (χ1n) is 3.34. The lowest BCUT2D eigenvalue weighted by Gasteiger charge is -2.06. The van der Waals surface area contributed by atoms with E-state index in [2.05, 4.69) is 51.3 Å². The lowest BCUT2D eigenvalue weighted by atomic mass is 10.7. The number of aromatic nitrogens is 2. The minimum absolute atomic E-state index is 0.127. The molecule has 14 heavy (non-hydrogen) atoms. The minimum Gasteiger partial charge on any atom is -0.252 e. The molecule has 1 aromatic heterocycles. The van der Waals surface area contributed by atoms with E-state index >= 15 is 0 Å². The van der Waals surface area contributed by atoms with E-state index < -0.39 is 10.2 Å². The van der Waals surface area contributed by atoms with Crippen molar-refractivity contribution in [3.05, 3.63) is 15.4 Å². The molecule has 0 saturated heterocycles. The molecule has 0 aliphatic rings. The Morgan fingerprint density at radius 2 is 2.07 bits per heavy atom. The maximum absolute atomic E-state index is 11.1. The zero-order valence-electron chi connectivity index (χ0n) is 6.95. The van der Waals surface area contributed by atoms with Crippen LogP contribution in [0.15, 0.2) is 15.4 Å². The second-order valence-electron chi connectivity index (χ2n) is 2.14. The molecule has 2 N–H and O–H groups in total. The fourth-order valence-corrected chi connectivity index (χ4v) is 2.14. The summed E-state index contributed by atoms with van der Waals surface area (Å²) in [5, 5.41) is 0. The SMILES string of the molecule is CNS(=O)(=O)Nc1ncc(Br)nc1Br. The zero-order chi connectivity index (χ0) is 10.8. The predicted molar refractivity (Wildman–Crippen MR) is 59.0 cm³/mol. The van der Waals surface area contributed by atoms with Crippen LogP contribution in [0.3, 0.4) is 0 Å². The standard InChI is InChI=1S/C5H6Br2N4O2S/c1-8-14(12,13)11-5-4(7)10-3(6)2-9-5/h2,8H,1H3,(H,9,11). The van der Waals surface area contributed by atoms with Crippen LogP contribution in [0.4, 0.5) is 5.82 Å². The average Bonchev–Trinajstić information content (AvgIpc) is 2.10. The number of hydrogen-bond acceptors (Lipinski definition) is 4. The quantitative estimate of drug-likeness (QED) is 0.851.